The number of sulfone groups is 1. The molecule has 1 amide bonds. The number of carbonyl (C=O) groups is 1. The van der Waals surface area contributed by atoms with Gasteiger partial charge in [0.25, 0.3) is 0 Å². The first-order valence-corrected chi connectivity index (χ1v) is 10.0. The summed E-state index contributed by atoms with van der Waals surface area (Å²) in [5.74, 6) is -0.670. The normalized spacial score (nSPS) is 23.3. The molecule has 1 aromatic rings. The topological polar surface area (TPSA) is 63.2 Å². The van der Waals surface area contributed by atoms with Crippen molar-refractivity contribution in [2.24, 2.45) is 5.92 Å². The van der Waals surface area contributed by atoms with Gasteiger partial charge in [0.1, 0.15) is 15.7 Å². The third kappa shape index (κ3) is 5.61. The number of hydrogen-bond donors (Lipinski definition) is 1. The number of amides is 1. The van der Waals surface area contributed by atoms with Crippen molar-refractivity contribution in [1.82, 2.24) is 5.32 Å². The van der Waals surface area contributed by atoms with Crippen molar-refractivity contribution in [3.05, 3.63) is 35.6 Å². The molecule has 4 nitrogen and oxygen atoms in total. The molecular formula is C17H24FNO3S. The quantitative estimate of drug-likeness (QED) is 0.895. The molecule has 1 saturated carbocycles. The Labute approximate surface area is 137 Å². The van der Waals surface area contributed by atoms with Crippen molar-refractivity contribution < 1.29 is 17.6 Å². The van der Waals surface area contributed by atoms with Crippen molar-refractivity contribution in [3.8, 4) is 0 Å². The van der Waals surface area contributed by atoms with Crippen LogP contribution in [0.25, 0.3) is 0 Å². The van der Waals surface area contributed by atoms with Crippen LogP contribution in [-0.4, -0.2) is 32.4 Å². The Morgan fingerprint density at radius 3 is 2.30 bits per heavy atom. The zero-order valence-electron chi connectivity index (χ0n) is 13.6. The highest BCUT2D eigenvalue weighted by Gasteiger charge is 2.26. The van der Waals surface area contributed by atoms with Crippen LogP contribution in [0.3, 0.4) is 0 Å². The number of carbonyl (C=O) groups excluding carboxylic acids is 1. The second-order valence-electron chi connectivity index (χ2n) is 6.60. The van der Waals surface area contributed by atoms with E-state index in [1.54, 1.807) is 6.92 Å². The average Bonchev–Trinajstić information content (AvgIpc) is 2.47. The van der Waals surface area contributed by atoms with Gasteiger partial charge in [-0.1, -0.05) is 19.1 Å². The summed E-state index contributed by atoms with van der Waals surface area (Å²) in [6.45, 7) is 1.64. The van der Waals surface area contributed by atoms with Crippen LogP contribution in [0.4, 0.5) is 4.39 Å². The molecule has 0 saturated heterocycles. The summed E-state index contributed by atoms with van der Waals surface area (Å²) in [7, 11) is -3.15. The molecule has 0 unspecified atom stereocenters. The van der Waals surface area contributed by atoms with Crippen LogP contribution in [0.15, 0.2) is 24.3 Å². The lowest BCUT2D eigenvalue weighted by molar-refractivity contribution is -0.124. The van der Waals surface area contributed by atoms with E-state index < -0.39 is 15.8 Å². The van der Waals surface area contributed by atoms with E-state index in [1.807, 2.05) is 12.1 Å². The maximum Gasteiger partial charge on any atom is 0.224 e. The number of benzene rings is 1. The Balaban J connectivity index is 1.82. The predicted molar refractivity (Wildman–Crippen MR) is 88.4 cm³/mol. The predicted octanol–water partition coefficient (Wildman–Crippen LogP) is 2.65. The standard InChI is InChI=1S/C17H24FNO3S/c1-12(11-23(2,21)22)17(20)19-16-9-5-14(6-10-16)13-3-7-15(18)8-4-13/h3-4,7-8,12,14,16H,5-6,9-11H2,1-2H3,(H,19,20)/t12-,14?,16?/m1/s1. The van der Waals surface area contributed by atoms with Crippen molar-refractivity contribution in [3.63, 3.8) is 0 Å². The minimum atomic E-state index is -3.15. The van der Waals surface area contributed by atoms with Gasteiger partial charge in [-0.15, -0.1) is 0 Å². The van der Waals surface area contributed by atoms with Gasteiger partial charge < -0.3 is 5.32 Å². The van der Waals surface area contributed by atoms with E-state index >= 15 is 0 Å². The van der Waals surface area contributed by atoms with Gasteiger partial charge in [-0.2, -0.15) is 0 Å². The van der Waals surface area contributed by atoms with Crippen molar-refractivity contribution in [1.29, 1.82) is 0 Å². The second-order valence-corrected chi connectivity index (χ2v) is 8.79. The molecule has 1 fully saturated rings. The summed E-state index contributed by atoms with van der Waals surface area (Å²) < 4.78 is 35.5. The molecule has 0 aliphatic heterocycles. The minimum Gasteiger partial charge on any atom is -0.353 e. The molecule has 1 aliphatic rings. The van der Waals surface area contributed by atoms with Crippen LogP contribution in [0.2, 0.25) is 0 Å². The molecule has 1 aromatic carbocycles. The highest BCUT2D eigenvalue weighted by molar-refractivity contribution is 7.90. The van der Waals surface area contributed by atoms with Gasteiger partial charge in [0, 0.05) is 18.2 Å². The van der Waals surface area contributed by atoms with Gasteiger partial charge in [0.05, 0.1) is 5.75 Å². The second kappa shape index (κ2) is 7.43. The van der Waals surface area contributed by atoms with Crippen LogP contribution in [0, 0.1) is 11.7 Å². The summed E-state index contributed by atoms with van der Waals surface area (Å²) in [6.07, 6.45) is 4.75. The maximum atomic E-state index is 13.0. The number of nitrogens with one attached hydrogen (secondary N) is 1. The number of rotatable bonds is 5. The molecule has 6 heteroatoms. The first kappa shape index (κ1) is 17.9. The lowest BCUT2D eigenvalue weighted by Crippen LogP contribution is -2.41. The summed E-state index contributed by atoms with van der Waals surface area (Å²) in [5.41, 5.74) is 1.14. The van der Waals surface area contributed by atoms with Crippen molar-refractivity contribution in [2.45, 2.75) is 44.6 Å². The van der Waals surface area contributed by atoms with Gasteiger partial charge in [-0.05, 0) is 49.3 Å². The van der Waals surface area contributed by atoms with Gasteiger partial charge in [0.15, 0.2) is 0 Å². The molecule has 128 valence electrons. The summed E-state index contributed by atoms with van der Waals surface area (Å²) in [4.78, 5) is 12.1. The van der Waals surface area contributed by atoms with E-state index in [2.05, 4.69) is 5.32 Å². The molecule has 1 N–H and O–H groups in total. The molecule has 23 heavy (non-hydrogen) atoms. The minimum absolute atomic E-state index is 0.0983. The Kier molecular flexibility index (Phi) is 5.79. The molecule has 0 aromatic heterocycles. The van der Waals surface area contributed by atoms with Gasteiger partial charge >= 0.3 is 0 Å². The third-order valence-electron chi connectivity index (χ3n) is 4.42. The smallest absolute Gasteiger partial charge is 0.224 e. The molecule has 0 heterocycles. The van der Waals surface area contributed by atoms with Gasteiger partial charge in [0.2, 0.25) is 5.91 Å². The van der Waals surface area contributed by atoms with Crippen LogP contribution in [-0.2, 0) is 14.6 Å². The van der Waals surface area contributed by atoms with Crippen LogP contribution >= 0.6 is 0 Å². The largest absolute Gasteiger partial charge is 0.353 e. The SMILES string of the molecule is C[C@H](CS(C)(=O)=O)C(=O)NC1CCC(c2ccc(F)cc2)CC1. The Morgan fingerprint density at radius 2 is 1.78 bits per heavy atom. The fourth-order valence-electron chi connectivity index (χ4n) is 3.18. The van der Waals surface area contributed by atoms with Crippen LogP contribution in [0.1, 0.15) is 44.1 Å². The van der Waals surface area contributed by atoms with Gasteiger partial charge in [-0.25, -0.2) is 12.8 Å². The molecule has 0 spiro atoms. The number of hydrogen-bond acceptors (Lipinski definition) is 3. The molecular weight excluding hydrogens is 317 g/mol. The molecule has 1 atom stereocenters. The average molecular weight is 341 g/mol. The zero-order valence-corrected chi connectivity index (χ0v) is 14.4. The zero-order chi connectivity index (χ0) is 17.0. The molecule has 0 radical (unpaired) electrons. The third-order valence-corrected chi connectivity index (χ3v) is 5.52. The van der Waals surface area contributed by atoms with E-state index in [1.165, 1.54) is 12.1 Å². The lowest BCUT2D eigenvalue weighted by atomic mass is 9.81. The fraction of sp³-hybridized carbons (Fsp3) is 0.588. The number of halogens is 1. The molecule has 2 rings (SSSR count). The Hall–Kier alpha value is -1.43. The fourth-order valence-corrected chi connectivity index (χ4v) is 4.24. The summed E-state index contributed by atoms with van der Waals surface area (Å²) >= 11 is 0. The van der Waals surface area contributed by atoms with Crippen LogP contribution < -0.4 is 5.32 Å². The monoisotopic (exact) mass is 341 g/mol. The first-order valence-electron chi connectivity index (χ1n) is 7.98. The molecule has 1 aliphatic carbocycles. The first-order chi connectivity index (χ1) is 10.7. The Morgan fingerprint density at radius 1 is 1.22 bits per heavy atom. The lowest BCUT2D eigenvalue weighted by Gasteiger charge is -2.30. The Bertz CT molecular complexity index is 634. The summed E-state index contributed by atoms with van der Waals surface area (Å²) in [5, 5.41) is 2.96. The van der Waals surface area contributed by atoms with Crippen molar-refractivity contribution >= 4 is 15.7 Å². The van der Waals surface area contributed by atoms with Crippen LogP contribution in [0.5, 0.6) is 0 Å². The van der Waals surface area contributed by atoms with E-state index in [9.17, 15) is 17.6 Å². The van der Waals surface area contributed by atoms with E-state index in [0.29, 0.717) is 5.92 Å². The van der Waals surface area contributed by atoms with Crippen molar-refractivity contribution in [2.75, 3.05) is 12.0 Å². The van der Waals surface area contributed by atoms with E-state index in [0.717, 1.165) is 37.5 Å². The maximum absolute atomic E-state index is 13.0. The highest BCUT2D eigenvalue weighted by atomic mass is 32.2. The highest BCUT2D eigenvalue weighted by Crippen LogP contribution is 2.33. The molecule has 0 bridgehead atoms. The summed E-state index contributed by atoms with van der Waals surface area (Å²) in [6, 6.07) is 6.72. The van der Waals surface area contributed by atoms with Gasteiger partial charge in [-0.3, -0.25) is 4.79 Å². The van der Waals surface area contributed by atoms with E-state index in [4.69, 9.17) is 0 Å². The van der Waals surface area contributed by atoms with E-state index in [-0.39, 0.29) is 23.5 Å².